The fraction of sp³-hybridized carbons (Fsp3) is 0.571. The van der Waals surface area contributed by atoms with Crippen molar-refractivity contribution >= 4 is 16.6 Å². The summed E-state index contributed by atoms with van der Waals surface area (Å²) in [4.78, 5) is 7.11. The molecule has 25 heavy (non-hydrogen) atoms. The van der Waals surface area contributed by atoms with E-state index >= 15 is 0 Å². The number of nitrogens with zero attached hydrogens (tertiary/aromatic N) is 2. The summed E-state index contributed by atoms with van der Waals surface area (Å²) in [5, 5.41) is 4.75. The van der Waals surface area contributed by atoms with E-state index in [1.54, 1.807) is 7.11 Å². The molecule has 0 fully saturated rings. The summed E-state index contributed by atoms with van der Waals surface area (Å²) in [7, 11) is 1.71. The fourth-order valence-electron chi connectivity index (χ4n) is 3.35. The molecule has 0 aliphatic heterocycles. The quantitative estimate of drug-likeness (QED) is 0.719. The summed E-state index contributed by atoms with van der Waals surface area (Å²) in [6.07, 6.45) is 1.84. The van der Waals surface area contributed by atoms with Crippen molar-refractivity contribution in [2.75, 3.05) is 32.1 Å². The molecule has 2 rings (SSSR count). The topological polar surface area (TPSA) is 37.4 Å². The molecular formula is C21H33N3O. The number of nitrogens with one attached hydrogen (secondary N) is 1. The highest BCUT2D eigenvalue weighted by molar-refractivity contribution is 5.91. The first-order valence-corrected chi connectivity index (χ1v) is 9.30. The standard InChI is InChI=1S/C21H33N3O/c1-15(2)12-24(13-16(3)4)14-17(5)23-20-11-19(25-6)10-18-8-7-9-22-21(18)20/h7-11,15-17,23H,12-14H2,1-6H3/t17-/m1/s1. The van der Waals surface area contributed by atoms with Crippen molar-refractivity contribution < 1.29 is 4.74 Å². The van der Waals surface area contributed by atoms with Crippen molar-refractivity contribution in [1.82, 2.24) is 9.88 Å². The number of ether oxygens (including phenoxy) is 1. The first kappa shape index (κ1) is 19.5. The van der Waals surface area contributed by atoms with Crippen LogP contribution in [0.4, 0.5) is 5.69 Å². The number of hydrogen-bond donors (Lipinski definition) is 1. The number of pyridine rings is 1. The number of rotatable bonds is 9. The summed E-state index contributed by atoms with van der Waals surface area (Å²) >= 11 is 0. The maximum Gasteiger partial charge on any atom is 0.121 e. The highest BCUT2D eigenvalue weighted by Crippen LogP contribution is 2.28. The Morgan fingerprint density at radius 3 is 2.32 bits per heavy atom. The maximum atomic E-state index is 5.45. The molecule has 0 unspecified atom stereocenters. The molecule has 0 radical (unpaired) electrons. The zero-order chi connectivity index (χ0) is 18.4. The van der Waals surface area contributed by atoms with Gasteiger partial charge < -0.3 is 15.0 Å². The summed E-state index contributed by atoms with van der Waals surface area (Å²) in [6.45, 7) is 14.6. The third kappa shape index (κ3) is 5.89. The smallest absolute Gasteiger partial charge is 0.121 e. The van der Waals surface area contributed by atoms with Gasteiger partial charge in [0.1, 0.15) is 5.75 Å². The number of fused-ring (bicyclic) bond motifs is 1. The normalized spacial score (nSPS) is 13.0. The lowest BCUT2D eigenvalue weighted by molar-refractivity contribution is 0.214. The number of anilines is 1. The van der Waals surface area contributed by atoms with Gasteiger partial charge in [-0.2, -0.15) is 0 Å². The van der Waals surface area contributed by atoms with Gasteiger partial charge in [-0.1, -0.05) is 33.8 Å². The van der Waals surface area contributed by atoms with Gasteiger partial charge in [0, 0.05) is 43.3 Å². The molecule has 1 aromatic carbocycles. The van der Waals surface area contributed by atoms with Gasteiger partial charge in [0.25, 0.3) is 0 Å². The summed E-state index contributed by atoms with van der Waals surface area (Å²) in [5.41, 5.74) is 2.03. The van der Waals surface area contributed by atoms with Crippen LogP contribution >= 0.6 is 0 Å². The zero-order valence-corrected chi connectivity index (χ0v) is 16.5. The Balaban J connectivity index is 2.15. The van der Waals surface area contributed by atoms with Gasteiger partial charge in [-0.15, -0.1) is 0 Å². The van der Waals surface area contributed by atoms with Gasteiger partial charge in [-0.3, -0.25) is 4.98 Å². The Labute approximate surface area is 152 Å². The Morgan fingerprint density at radius 2 is 1.72 bits per heavy atom. The van der Waals surface area contributed by atoms with Crippen LogP contribution in [0, 0.1) is 11.8 Å². The van der Waals surface area contributed by atoms with Crippen LogP contribution in [-0.2, 0) is 0 Å². The average Bonchev–Trinajstić information content (AvgIpc) is 2.53. The van der Waals surface area contributed by atoms with Crippen molar-refractivity contribution in [2.45, 2.75) is 40.7 Å². The molecule has 138 valence electrons. The molecule has 1 heterocycles. The predicted octanol–water partition coefficient (Wildman–Crippen LogP) is 4.66. The van der Waals surface area contributed by atoms with Crippen LogP contribution in [0.15, 0.2) is 30.5 Å². The Morgan fingerprint density at radius 1 is 1.04 bits per heavy atom. The number of methoxy groups -OCH3 is 1. The fourth-order valence-corrected chi connectivity index (χ4v) is 3.35. The monoisotopic (exact) mass is 343 g/mol. The van der Waals surface area contributed by atoms with E-state index in [1.165, 1.54) is 0 Å². The van der Waals surface area contributed by atoms with Gasteiger partial charge in [0.05, 0.1) is 18.3 Å². The van der Waals surface area contributed by atoms with Gasteiger partial charge in [-0.25, -0.2) is 0 Å². The van der Waals surface area contributed by atoms with Crippen LogP contribution in [0.5, 0.6) is 5.75 Å². The predicted molar refractivity (Wildman–Crippen MR) is 107 cm³/mol. The molecule has 1 N–H and O–H groups in total. The molecule has 0 aliphatic rings. The van der Waals surface area contributed by atoms with Crippen molar-refractivity contribution in [3.63, 3.8) is 0 Å². The Bertz CT molecular complexity index is 659. The van der Waals surface area contributed by atoms with Crippen LogP contribution in [-0.4, -0.2) is 42.7 Å². The second kappa shape index (κ2) is 9.04. The minimum atomic E-state index is 0.329. The molecule has 0 bridgehead atoms. The van der Waals surface area contributed by atoms with Gasteiger partial charge in [0.15, 0.2) is 0 Å². The van der Waals surface area contributed by atoms with Gasteiger partial charge >= 0.3 is 0 Å². The average molecular weight is 344 g/mol. The van der Waals surface area contributed by atoms with Crippen molar-refractivity contribution in [1.29, 1.82) is 0 Å². The van der Waals surface area contributed by atoms with Gasteiger partial charge in [0.2, 0.25) is 0 Å². The lowest BCUT2D eigenvalue weighted by atomic mass is 10.1. The van der Waals surface area contributed by atoms with Gasteiger partial charge in [-0.05, 0) is 30.9 Å². The first-order chi connectivity index (χ1) is 11.9. The second-order valence-electron chi connectivity index (χ2n) is 7.80. The van der Waals surface area contributed by atoms with Crippen molar-refractivity contribution in [3.05, 3.63) is 30.5 Å². The number of hydrogen-bond acceptors (Lipinski definition) is 4. The molecule has 0 saturated carbocycles. The summed E-state index contributed by atoms with van der Waals surface area (Å²) in [6, 6.07) is 8.44. The lowest BCUT2D eigenvalue weighted by Gasteiger charge is -2.29. The Kier molecular flexibility index (Phi) is 7.06. The van der Waals surface area contributed by atoms with Crippen molar-refractivity contribution in [3.8, 4) is 5.75 Å². The first-order valence-electron chi connectivity index (χ1n) is 9.30. The van der Waals surface area contributed by atoms with Crippen molar-refractivity contribution in [2.24, 2.45) is 11.8 Å². The van der Waals surface area contributed by atoms with E-state index in [2.05, 4.69) is 55.9 Å². The Hall–Kier alpha value is -1.81. The lowest BCUT2D eigenvalue weighted by Crippen LogP contribution is -2.39. The SMILES string of the molecule is COc1cc(N[C@H](C)CN(CC(C)C)CC(C)C)c2ncccc2c1. The zero-order valence-electron chi connectivity index (χ0n) is 16.5. The molecule has 1 atom stereocenters. The molecule has 0 saturated heterocycles. The van der Waals surface area contributed by atoms with E-state index in [1.807, 2.05) is 24.4 Å². The molecule has 4 heteroatoms. The third-order valence-electron chi connectivity index (χ3n) is 4.09. The van der Waals surface area contributed by atoms with Crippen LogP contribution in [0.3, 0.4) is 0 Å². The van der Waals surface area contributed by atoms with E-state index in [0.717, 1.165) is 42.0 Å². The highest BCUT2D eigenvalue weighted by atomic mass is 16.5. The molecular weight excluding hydrogens is 310 g/mol. The second-order valence-corrected chi connectivity index (χ2v) is 7.80. The largest absolute Gasteiger partial charge is 0.497 e. The van der Waals surface area contributed by atoms with E-state index < -0.39 is 0 Å². The van der Waals surface area contributed by atoms with E-state index in [-0.39, 0.29) is 0 Å². The minimum absolute atomic E-state index is 0.329. The molecule has 0 aliphatic carbocycles. The van der Waals surface area contributed by atoms with Crippen LogP contribution < -0.4 is 10.1 Å². The van der Waals surface area contributed by atoms with Crippen LogP contribution in [0.1, 0.15) is 34.6 Å². The van der Waals surface area contributed by atoms with Crippen LogP contribution in [0.25, 0.3) is 10.9 Å². The van der Waals surface area contributed by atoms with Crippen LogP contribution in [0.2, 0.25) is 0 Å². The number of benzene rings is 1. The molecule has 2 aromatic rings. The van der Waals surface area contributed by atoms with E-state index in [0.29, 0.717) is 17.9 Å². The third-order valence-corrected chi connectivity index (χ3v) is 4.09. The maximum absolute atomic E-state index is 5.45. The molecule has 4 nitrogen and oxygen atoms in total. The van der Waals surface area contributed by atoms with E-state index in [9.17, 15) is 0 Å². The molecule has 0 amide bonds. The summed E-state index contributed by atoms with van der Waals surface area (Å²) < 4.78 is 5.45. The molecule has 0 spiro atoms. The molecule has 1 aromatic heterocycles. The minimum Gasteiger partial charge on any atom is -0.497 e. The highest BCUT2D eigenvalue weighted by Gasteiger charge is 2.15. The van der Waals surface area contributed by atoms with E-state index in [4.69, 9.17) is 4.74 Å². The number of aromatic nitrogens is 1. The summed E-state index contributed by atoms with van der Waals surface area (Å²) in [5.74, 6) is 2.20.